The third-order valence-corrected chi connectivity index (χ3v) is 5.31. The lowest BCUT2D eigenvalue weighted by Gasteiger charge is -2.28. The number of aryl methyl sites for hydroxylation is 1. The molecule has 0 bridgehead atoms. The van der Waals surface area contributed by atoms with Crippen LogP contribution in [0.5, 0.6) is 0 Å². The zero-order chi connectivity index (χ0) is 16.9. The number of rotatable bonds is 4. The predicted octanol–water partition coefficient (Wildman–Crippen LogP) is 3.58. The first-order valence-electron chi connectivity index (χ1n) is 8.36. The van der Waals surface area contributed by atoms with E-state index in [1.807, 2.05) is 12.1 Å². The number of hydrogen-bond acceptors (Lipinski definition) is 4. The van der Waals surface area contributed by atoms with Gasteiger partial charge in [0.2, 0.25) is 0 Å². The Hall–Kier alpha value is -1.92. The molecule has 0 unspecified atom stereocenters. The average molecular weight is 344 g/mol. The fraction of sp³-hybridized carbons (Fsp3) is 0.444. The van der Waals surface area contributed by atoms with Crippen LogP contribution in [0.4, 0.5) is 10.5 Å². The topological polar surface area (TPSA) is 57.3 Å². The largest absolute Gasteiger partial charge is 0.338 e. The Morgan fingerprint density at radius 1 is 1.42 bits per heavy atom. The van der Waals surface area contributed by atoms with Crippen LogP contribution in [0.25, 0.3) is 11.3 Å². The molecule has 0 aromatic carbocycles. The molecule has 24 heavy (non-hydrogen) atoms. The number of likely N-dealkylation sites (tertiary alicyclic amines) is 1. The van der Waals surface area contributed by atoms with Gasteiger partial charge in [-0.3, -0.25) is 4.98 Å². The van der Waals surface area contributed by atoms with Gasteiger partial charge in [0, 0.05) is 28.6 Å². The van der Waals surface area contributed by atoms with Crippen LogP contribution in [0.1, 0.15) is 17.7 Å². The second-order valence-electron chi connectivity index (χ2n) is 6.43. The summed E-state index contributed by atoms with van der Waals surface area (Å²) in [5.41, 5.74) is 2.61. The first-order chi connectivity index (χ1) is 11.6. The number of aromatic nitrogens is 1. The van der Waals surface area contributed by atoms with Crippen molar-refractivity contribution in [1.82, 2.24) is 15.2 Å². The van der Waals surface area contributed by atoms with Gasteiger partial charge in [0.1, 0.15) is 0 Å². The predicted molar refractivity (Wildman–Crippen MR) is 99.5 cm³/mol. The van der Waals surface area contributed by atoms with Gasteiger partial charge in [-0.25, -0.2) is 4.79 Å². The van der Waals surface area contributed by atoms with Crippen molar-refractivity contribution in [3.63, 3.8) is 0 Å². The second kappa shape index (κ2) is 7.77. The molecule has 2 aromatic rings. The van der Waals surface area contributed by atoms with Gasteiger partial charge in [-0.2, -0.15) is 0 Å². The number of hydrogen-bond donors (Lipinski definition) is 2. The number of carbonyl (C=O) groups is 1. The molecule has 5 nitrogen and oxygen atoms in total. The molecule has 0 aliphatic carbocycles. The first kappa shape index (κ1) is 16.9. The van der Waals surface area contributed by atoms with E-state index in [0.717, 1.165) is 49.4 Å². The van der Waals surface area contributed by atoms with E-state index in [4.69, 9.17) is 0 Å². The minimum atomic E-state index is -0.157. The Balaban J connectivity index is 1.59. The highest BCUT2D eigenvalue weighted by Gasteiger charge is 2.17. The normalized spacial score (nSPS) is 16.1. The maximum Gasteiger partial charge on any atom is 0.319 e. The highest BCUT2D eigenvalue weighted by Crippen LogP contribution is 2.29. The van der Waals surface area contributed by atoms with Gasteiger partial charge in [-0.1, -0.05) is 0 Å². The summed E-state index contributed by atoms with van der Waals surface area (Å²) in [4.78, 5) is 20.2. The molecule has 1 aliphatic heterocycles. The lowest BCUT2D eigenvalue weighted by atomic mass is 9.97. The lowest BCUT2D eigenvalue weighted by molar-refractivity contribution is 0.213. The number of pyridine rings is 1. The van der Waals surface area contributed by atoms with Gasteiger partial charge in [-0.15, -0.1) is 11.3 Å². The van der Waals surface area contributed by atoms with Crippen LogP contribution in [0.2, 0.25) is 0 Å². The van der Waals surface area contributed by atoms with Crippen molar-refractivity contribution >= 4 is 23.1 Å². The summed E-state index contributed by atoms with van der Waals surface area (Å²) in [7, 11) is 2.15. The van der Waals surface area contributed by atoms with Crippen LogP contribution in [-0.2, 0) is 0 Å². The molecule has 0 saturated carbocycles. The molecule has 1 fully saturated rings. The fourth-order valence-corrected chi connectivity index (χ4v) is 3.66. The molecule has 128 valence electrons. The van der Waals surface area contributed by atoms with E-state index in [1.54, 1.807) is 17.5 Å². The number of nitrogens with zero attached hydrogens (tertiary/aromatic N) is 2. The Kier molecular flexibility index (Phi) is 5.48. The summed E-state index contributed by atoms with van der Waals surface area (Å²) in [6.07, 6.45) is 4.04. The standard InChI is InChI=1S/C18H24N4OS/c1-13-10-15(12-24-13)17-16(4-3-7-19-17)21-18(23)20-11-14-5-8-22(2)9-6-14/h3-4,7,10,12,14H,5-6,8-9,11H2,1-2H3,(H2,20,21,23). The van der Waals surface area contributed by atoms with E-state index in [1.165, 1.54) is 4.88 Å². The molecule has 2 aromatic heterocycles. The van der Waals surface area contributed by atoms with Gasteiger partial charge < -0.3 is 15.5 Å². The van der Waals surface area contributed by atoms with Crippen LogP contribution in [0.15, 0.2) is 29.8 Å². The van der Waals surface area contributed by atoms with Gasteiger partial charge in [0.05, 0.1) is 11.4 Å². The monoisotopic (exact) mass is 344 g/mol. The molecule has 3 rings (SSSR count). The van der Waals surface area contributed by atoms with Gasteiger partial charge in [-0.05, 0) is 64.0 Å². The summed E-state index contributed by atoms with van der Waals surface area (Å²) in [5, 5.41) is 8.02. The summed E-state index contributed by atoms with van der Waals surface area (Å²) in [6, 6.07) is 5.67. The molecule has 0 atom stereocenters. The van der Waals surface area contributed by atoms with Crippen molar-refractivity contribution in [2.24, 2.45) is 5.92 Å². The molecule has 1 saturated heterocycles. The molecule has 0 radical (unpaired) electrons. The van der Waals surface area contributed by atoms with Crippen molar-refractivity contribution in [1.29, 1.82) is 0 Å². The average Bonchev–Trinajstić information content (AvgIpc) is 3.01. The third kappa shape index (κ3) is 4.33. The maximum atomic E-state index is 12.3. The Bertz CT molecular complexity index is 692. The van der Waals surface area contributed by atoms with Crippen molar-refractivity contribution in [2.75, 3.05) is 32.0 Å². The van der Waals surface area contributed by atoms with Crippen LogP contribution in [0, 0.1) is 12.8 Å². The van der Waals surface area contributed by atoms with E-state index in [2.05, 4.69) is 45.9 Å². The number of carbonyl (C=O) groups excluding carboxylic acids is 1. The van der Waals surface area contributed by atoms with Crippen LogP contribution in [-0.4, -0.2) is 42.6 Å². The Morgan fingerprint density at radius 2 is 2.21 bits per heavy atom. The van der Waals surface area contributed by atoms with E-state index in [9.17, 15) is 4.79 Å². The number of anilines is 1. The number of piperidine rings is 1. The van der Waals surface area contributed by atoms with E-state index >= 15 is 0 Å². The minimum Gasteiger partial charge on any atom is -0.338 e. The summed E-state index contributed by atoms with van der Waals surface area (Å²) in [6.45, 7) is 5.02. The Labute approximate surface area is 147 Å². The van der Waals surface area contributed by atoms with E-state index in [-0.39, 0.29) is 6.03 Å². The number of amides is 2. The smallest absolute Gasteiger partial charge is 0.319 e. The molecule has 0 spiro atoms. The highest BCUT2D eigenvalue weighted by atomic mass is 32.1. The number of urea groups is 1. The summed E-state index contributed by atoms with van der Waals surface area (Å²) in [5.74, 6) is 0.569. The molecular formula is C18H24N4OS. The van der Waals surface area contributed by atoms with Crippen LogP contribution < -0.4 is 10.6 Å². The zero-order valence-corrected chi connectivity index (χ0v) is 15.0. The first-order valence-corrected chi connectivity index (χ1v) is 9.23. The molecule has 3 heterocycles. The summed E-state index contributed by atoms with van der Waals surface area (Å²) >= 11 is 1.68. The van der Waals surface area contributed by atoms with E-state index < -0.39 is 0 Å². The van der Waals surface area contributed by atoms with Gasteiger partial charge in [0.15, 0.2) is 0 Å². The van der Waals surface area contributed by atoms with Crippen molar-refractivity contribution in [2.45, 2.75) is 19.8 Å². The van der Waals surface area contributed by atoms with E-state index in [0.29, 0.717) is 5.92 Å². The van der Waals surface area contributed by atoms with Gasteiger partial charge >= 0.3 is 6.03 Å². The van der Waals surface area contributed by atoms with Crippen LogP contribution >= 0.6 is 11.3 Å². The van der Waals surface area contributed by atoms with Crippen molar-refractivity contribution in [3.8, 4) is 11.3 Å². The third-order valence-electron chi connectivity index (χ3n) is 4.45. The quantitative estimate of drug-likeness (QED) is 0.891. The van der Waals surface area contributed by atoms with Crippen molar-refractivity contribution < 1.29 is 4.79 Å². The fourth-order valence-electron chi connectivity index (χ4n) is 2.97. The molecule has 2 amide bonds. The second-order valence-corrected chi connectivity index (χ2v) is 7.54. The zero-order valence-electron chi connectivity index (χ0n) is 14.2. The van der Waals surface area contributed by atoms with Gasteiger partial charge in [0.25, 0.3) is 0 Å². The number of nitrogens with one attached hydrogen (secondary N) is 2. The lowest BCUT2D eigenvalue weighted by Crippen LogP contribution is -2.38. The Morgan fingerprint density at radius 3 is 2.92 bits per heavy atom. The molecule has 6 heteroatoms. The molecule has 1 aliphatic rings. The maximum absolute atomic E-state index is 12.3. The highest BCUT2D eigenvalue weighted by molar-refractivity contribution is 7.10. The molecular weight excluding hydrogens is 320 g/mol. The minimum absolute atomic E-state index is 0.157. The molecule has 2 N–H and O–H groups in total. The number of thiophene rings is 1. The van der Waals surface area contributed by atoms with Crippen molar-refractivity contribution in [3.05, 3.63) is 34.7 Å². The summed E-state index contributed by atoms with van der Waals surface area (Å²) < 4.78 is 0. The van der Waals surface area contributed by atoms with Crippen LogP contribution in [0.3, 0.4) is 0 Å². The SMILES string of the molecule is Cc1cc(-c2ncccc2NC(=O)NCC2CCN(C)CC2)cs1.